The summed E-state index contributed by atoms with van der Waals surface area (Å²) in [6.07, 6.45) is 4.41. The summed E-state index contributed by atoms with van der Waals surface area (Å²) >= 11 is 1.15. The maximum absolute atomic E-state index is 13.1. The molecule has 1 amide bonds. The Morgan fingerprint density at radius 1 is 1.23 bits per heavy atom. The number of sulfone groups is 2. The van der Waals surface area contributed by atoms with Crippen molar-refractivity contribution in [1.82, 2.24) is 9.88 Å². The van der Waals surface area contributed by atoms with Crippen molar-refractivity contribution in [3.8, 4) is 0 Å². The molecular weight excluding hydrogens is 460 g/mol. The largest absolute Gasteiger partial charge is 0.431 e. The van der Waals surface area contributed by atoms with Gasteiger partial charge in [0.2, 0.25) is 5.91 Å². The number of thioether (sulfide) groups is 1. The zero-order valence-corrected chi connectivity index (χ0v) is 19.8. The Hall–Kier alpha value is -1.59. The summed E-state index contributed by atoms with van der Waals surface area (Å²) in [6, 6.07) is 4.39. The highest BCUT2D eigenvalue weighted by atomic mass is 32.2. The molecule has 1 saturated carbocycles. The quantitative estimate of drug-likeness (QED) is 0.549. The van der Waals surface area contributed by atoms with E-state index in [-0.39, 0.29) is 45.9 Å². The van der Waals surface area contributed by atoms with E-state index in [0.29, 0.717) is 22.7 Å². The number of amides is 1. The molecule has 31 heavy (non-hydrogen) atoms. The predicted octanol–water partition coefficient (Wildman–Crippen LogP) is 2.67. The average Bonchev–Trinajstić information content (AvgIpc) is 3.46. The minimum Gasteiger partial charge on any atom is -0.431 e. The van der Waals surface area contributed by atoms with Crippen molar-refractivity contribution in [3.63, 3.8) is 0 Å². The third-order valence-corrected chi connectivity index (χ3v) is 10.3. The van der Waals surface area contributed by atoms with Gasteiger partial charge >= 0.3 is 0 Å². The van der Waals surface area contributed by atoms with E-state index in [1.165, 1.54) is 12.1 Å². The Labute approximate surface area is 186 Å². The smallest absolute Gasteiger partial charge is 0.257 e. The van der Waals surface area contributed by atoms with Gasteiger partial charge in [-0.05, 0) is 37.5 Å². The van der Waals surface area contributed by atoms with Crippen LogP contribution in [0.5, 0.6) is 0 Å². The van der Waals surface area contributed by atoms with Gasteiger partial charge < -0.3 is 9.32 Å². The molecule has 2 aliphatic rings. The van der Waals surface area contributed by atoms with Gasteiger partial charge in [-0.2, -0.15) is 0 Å². The summed E-state index contributed by atoms with van der Waals surface area (Å²) in [5, 5.41) is 0.291. The van der Waals surface area contributed by atoms with Crippen molar-refractivity contribution in [2.24, 2.45) is 0 Å². The monoisotopic (exact) mass is 486 g/mol. The molecule has 0 bridgehead atoms. The van der Waals surface area contributed by atoms with Crippen LogP contribution in [0.25, 0.3) is 11.1 Å². The number of benzene rings is 1. The van der Waals surface area contributed by atoms with E-state index < -0.39 is 19.7 Å². The van der Waals surface area contributed by atoms with Gasteiger partial charge in [-0.3, -0.25) is 4.79 Å². The maximum Gasteiger partial charge on any atom is 0.257 e. The first-order chi connectivity index (χ1) is 14.7. The number of carbonyl (C=O) groups excluding carboxylic acids is 1. The Bertz CT molecular complexity index is 1180. The zero-order valence-electron chi connectivity index (χ0n) is 17.3. The summed E-state index contributed by atoms with van der Waals surface area (Å²) in [6.45, 7) is 1.58. The number of aromatic nitrogens is 1. The number of hydrogen-bond donors (Lipinski definition) is 0. The minimum absolute atomic E-state index is 0.000352. The molecule has 1 saturated heterocycles. The van der Waals surface area contributed by atoms with Gasteiger partial charge in [-0.25, -0.2) is 21.8 Å². The van der Waals surface area contributed by atoms with Crippen molar-refractivity contribution in [2.45, 2.75) is 61.2 Å². The summed E-state index contributed by atoms with van der Waals surface area (Å²) < 4.78 is 53.8. The summed E-state index contributed by atoms with van der Waals surface area (Å²) in [4.78, 5) is 19.4. The molecule has 11 heteroatoms. The van der Waals surface area contributed by atoms with Gasteiger partial charge in [-0.1, -0.05) is 31.5 Å². The van der Waals surface area contributed by atoms with Crippen molar-refractivity contribution in [2.75, 3.05) is 23.0 Å². The van der Waals surface area contributed by atoms with Gasteiger partial charge in [-0.15, -0.1) is 0 Å². The lowest BCUT2D eigenvalue weighted by molar-refractivity contribution is -0.132. The third kappa shape index (κ3) is 4.93. The normalized spacial score (nSPS) is 21.6. The Balaban J connectivity index is 1.49. The summed E-state index contributed by atoms with van der Waals surface area (Å²) in [5.41, 5.74) is 0.888. The Morgan fingerprint density at radius 2 is 1.97 bits per heavy atom. The van der Waals surface area contributed by atoms with E-state index in [9.17, 15) is 21.6 Å². The van der Waals surface area contributed by atoms with Crippen molar-refractivity contribution in [3.05, 3.63) is 18.2 Å². The van der Waals surface area contributed by atoms with E-state index in [2.05, 4.69) is 4.98 Å². The topological polar surface area (TPSA) is 115 Å². The van der Waals surface area contributed by atoms with Crippen molar-refractivity contribution >= 4 is 48.4 Å². The van der Waals surface area contributed by atoms with Gasteiger partial charge in [0.1, 0.15) is 5.52 Å². The third-order valence-electron chi connectivity index (χ3n) is 6.01. The first-order valence-electron chi connectivity index (χ1n) is 10.5. The highest BCUT2D eigenvalue weighted by Gasteiger charge is 2.39. The van der Waals surface area contributed by atoms with Gasteiger partial charge in [0, 0.05) is 12.1 Å². The van der Waals surface area contributed by atoms with Gasteiger partial charge in [0.05, 0.1) is 27.9 Å². The van der Waals surface area contributed by atoms with Crippen molar-refractivity contribution < 1.29 is 26.0 Å². The SMILES string of the molecule is CCS(=O)(=O)c1ccc2oc(SCC(=O)N(C3CCCC3)[C@H]3CCS(=O)(=O)C3)nc2c1. The molecule has 0 N–H and O–H groups in total. The van der Waals surface area contributed by atoms with Crippen molar-refractivity contribution in [1.29, 1.82) is 0 Å². The van der Waals surface area contributed by atoms with Gasteiger partial charge in [0.15, 0.2) is 25.3 Å². The molecule has 8 nitrogen and oxygen atoms in total. The predicted molar refractivity (Wildman–Crippen MR) is 119 cm³/mol. The number of nitrogens with zero attached hydrogens (tertiary/aromatic N) is 2. The van der Waals surface area contributed by atoms with E-state index in [4.69, 9.17) is 4.42 Å². The highest BCUT2D eigenvalue weighted by Crippen LogP contribution is 2.31. The number of rotatable bonds is 7. The first-order valence-corrected chi connectivity index (χ1v) is 14.9. The zero-order chi connectivity index (χ0) is 22.2. The number of hydrogen-bond acceptors (Lipinski definition) is 8. The van der Waals surface area contributed by atoms with Crippen LogP contribution >= 0.6 is 11.8 Å². The standard InChI is InChI=1S/C20H26N2O6S3/c1-2-31(26,27)16-7-8-18-17(11-16)21-20(28-18)29-12-19(23)22(14-5-3-4-6-14)15-9-10-30(24,25)13-15/h7-8,11,14-15H,2-6,9-10,12-13H2,1H3/t15-/m0/s1. The molecule has 0 spiro atoms. The molecule has 2 heterocycles. The first kappa shape index (κ1) is 22.6. The van der Waals surface area contributed by atoms with Crippen LogP contribution in [0, 0.1) is 0 Å². The molecule has 0 unspecified atom stereocenters. The van der Waals surface area contributed by atoms with Gasteiger partial charge in [0.25, 0.3) is 5.22 Å². The molecule has 2 fully saturated rings. The molecule has 2 aromatic rings. The van der Waals surface area contributed by atoms with Crippen LogP contribution in [0.3, 0.4) is 0 Å². The number of carbonyl (C=O) groups is 1. The summed E-state index contributed by atoms with van der Waals surface area (Å²) in [5.74, 6) is 0.170. The highest BCUT2D eigenvalue weighted by molar-refractivity contribution is 7.99. The van der Waals surface area contributed by atoms with Crippen LogP contribution in [-0.2, 0) is 24.5 Å². The number of fused-ring (bicyclic) bond motifs is 1. The lowest BCUT2D eigenvalue weighted by Crippen LogP contribution is -2.47. The molecule has 170 valence electrons. The molecule has 1 aromatic carbocycles. The second kappa shape index (κ2) is 8.74. The van der Waals surface area contributed by atoms with Crippen LogP contribution in [0.2, 0.25) is 0 Å². The average molecular weight is 487 g/mol. The fraction of sp³-hybridized carbons (Fsp3) is 0.600. The molecule has 1 aliphatic carbocycles. The van der Waals surface area contributed by atoms with E-state index in [1.54, 1.807) is 17.9 Å². The van der Waals surface area contributed by atoms with Crippen LogP contribution in [0.15, 0.2) is 32.7 Å². The summed E-state index contributed by atoms with van der Waals surface area (Å²) in [7, 11) is -6.43. The van der Waals surface area contributed by atoms with E-state index in [1.807, 2.05) is 0 Å². The molecule has 1 aromatic heterocycles. The molecular formula is C20H26N2O6S3. The lowest BCUT2D eigenvalue weighted by atomic mass is 10.1. The van der Waals surface area contributed by atoms with Crippen LogP contribution in [0.1, 0.15) is 39.0 Å². The second-order valence-electron chi connectivity index (χ2n) is 8.10. The molecule has 4 rings (SSSR count). The molecule has 0 radical (unpaired) electrons. The van der Waals surface area contributed by atoms with Crippen LogP contribution < -0.4 is 0 Å². The minimum atomic E-state index is -3.34. The van der Waals surface area contributed by atoms with Crippen LogP contribution in [0.4, 0.5) is 0 Å². The lowest BCUT2D eigenvalue weighted by Gasteiger charge is -2.34. The number of oxazole rings is 1. The Morgan fingerprint density at radius 3 is 2.61 bits per heavy atom. The molecule has 1 atom stereocenters. The van der Waals surface area contributed by atoms with E-state index >= 15 is 0 Å². The maximum atomic E-state index is 13.1. The molecule has 1 aliphatic heterocycles. The van der Waals surface area contributed by atoms with Crippen LogP contribution in [-0.4, -0.2) is 67.7 Å². The van der Waals surface area contributed by atoms with E-state index in [0.717, 1.165) is 37.4 Å². The second-order valence-corrected chi connectivity index (χ2v) is 13.5. The fourth-order valence-corrected chi connectivity index (χ4v) is 7.71. The Kier molecular flexibility index (Phi) is 6.37. The fourth-order valence-electron chi connectivity index (χ4n) is 4.39.